The fourth-order valence-electron chi connectivity index (χ4n) is 1.63. The first-order chi connectivity index (χ1) is 11.8. The Morgan fingerprint density at radius 2 is 1.67 bits per heavy atom. The van der Waals surface area contributed by atoms with Gasteiger partial charge < -0.3 is 9.57 Å². The van der Waals surface area contributed by atoms with E-state index < -0.39 is 12.1 Å². The van der Waals surface area contributed by atoms with Crippen LogP contribution in [0.5, 0.6) is 0 Å². The number of allylic oxidation sites excluding steroid dienone is 1. The van der Waals surface area contributed by atoms with E-state index in [9.17, 15) is 9.59 Å². The molecule has 0 heterocycles. The SMILES string of the molecule is O=C(NOC(=O)c1ccccc1)OC/C=C/C#Cc1ccccc1. The third-order valence-corrected chi connectivity index (χ3v) is 2.74. The van der Waals surface area contributed by atoms with E-state index in [2.05, 4.69) is 16.7 Å². The lowest BCUT2D eigenvalue weighted by Gasteiger charge is -2.05. The average molecular weight is 321 g/mol. The van der Waals surface area contributed by atoms with Crippen LogP contribution >= 0.6 is 0 Å². The highest BCUT2D eigenvalue weighted by atomic mass is 16.7. The van der Waals surface area contributed by atoms with Crippen molar-refractivity contribution in [3.05, 3.63) is 83.9 Å². The second-order valence-corrected chi connectivity index (χ2v) is 4.49. The number of amides is 1. The number of benzene rings is 2. The molecule has 2 aromatic rings. The Hall–Kier alpha value is -3.52. The third-order valence-electron chi connectivity index (χ3n) is 2.74. The number of hydrogen-bond donors (Lipinski definition) is 1. The van der Waals surface area contributed by atoms with Crippen LogP contribution in [0.4, 0.5) is 4.79 Å². The van der Waals surface area contributed by atoms with Crippen molar-refractivity contribution in [2.75, 3.05) is 6.61 Å². The number of carbonyl (C=O) groups excluding carboxylic acids is 2. The minimum Gasteiger partial charge on any atom is -0.443 e. The molecule has 0 aliphatic rings. The van der Waals surface area contributed by atoms with Gasteiger partial charge in [0.25, 0.3) is 0 Å². The molecule has 5 nitrogen and oxygen atoms in total. The molecule has 0 radical (unpaired) electrons. The van der Waals surface area contributed by atoms with Gasteiger partial charge >= 0.3 is 12.1 Å². The highest BCUT2D eigenvalue weighted by molar-refractivity contribution is 5.89. The summed E-state index contributed by atoms with van der Waals surface area (Å²) in [4.78, 5) is 27.5. The monoisotopic (exact) mass is 321 g/mol. The van der Waals surface area contributed by atoms with Crippen LogP contribution in [0.3, 0.4) is 0 Å². The molecule has 0 atom stereocenters. The molecule has 120 valence electrons. The van der Waals surface area contributed by atoms with Crippen molar-refractivity contribution in [2.24, 2.45) is 0 Å². The maximum Gasteiger partial charge on any atom is 0.441 e. The zero-order valence-electron chi connectivity index (χ0n) is 12.8. The largest absolute Gasteiger partial charge is 0.443 e. The molecular formula is C19H15NO4. The summed E-state index contributed by atoms with van der Waals surface area (Å²) in [5, 5.41) is 0. The van der Waals surface area contributed by atoms with Crippen molar-refractivity contribution in [1.82, 2.24) is 5.48 Å². The predicted octanol–water partition coefficient (Wildman–Crippen LogP) is 3.09. The summed E-state index contributed by atoms with van der Waals surface area (Å²) in [5.41, 5.74) is 3.14. The quantitative estimate of drug-likeness (QED) is 0.697. The first kappa shape index (κ1) is 16.8. The molecule has 2 rings (SSSR count). The molecule has 0 saturated heterocycles. The van der Waals surface area contributed by atoms with E-state index in [0.29, 0.717) is 5.56 Å². The van der Waals surface area contributed by atoms with Gasteiger partial charge in [-0.2, -0.15) is 0 Å². The van der Waals surface area contributed by atoms with Crippen molar-refractivity contribution in [3.63, 3.8) is 0 Å². The Morgan fingerprint density at radius 3 is 2.38 bits per heavy atom. The lowest BCUT2D eigenvalue weighted by Crippen LogP contribution is -2.27. The molecule has 0 saturated carbocycles. The number of carbonyl (C=O) groups is 2. The molecule has 0 spiro atoms. The van der Waals surface area contributed by atoms with E-state index in [1.165, 1.54) is 0 Å². The molecule has 24 heavy (non-hydrogen) atoms. The zero-order valence-corrected chi connectivity index (χ0v) is 12.8. The minimum atomic E-state index is -0.861. The van der Waals surface area contributed by atoms with Crippen molar-refractivity contribution in [1.29, 1.82) is 0 Å². The average Bonchev–Trinajstić information content (AvgIpc) is 2.64. The molecule has 0 aliphatic carbocycles. The molecule has 0 fully saturated rings. The van der Waals surface area contributed by atoms with Crippen LogP contribution in [-0.4, -0.2) is 18.7 Å². The Kier molecular flexibility index (Phi) is 6.66. The molecule has 0 aromatic heterocycles. The second kappa shape index (κ2) is 9.49. The third kappa shape index (κ3) is 6.08. The van der Waals surface area contributed by atoms with Gasteiger partial charge in [-0.15, -0.1) is 5.48 Å². The number of hydrogen-bond acceptors (Lipinski definition) is 4. The molecule has 1 amide bonds. The maximum absolute atomic E-state index is 11.6. The molecular weight excluding hydrogens is 306 g/mol. The van der Waals surface area contributed by atoms with Gasteiger partial charge in [0.2, 0.25) is 0 Å². The van der Waals surface area contributed by atoms with Crippen molar-refractivity contribution >= 4 is 12.1 Å². The summed E-state index contributed by atoms with van der Waals surface area (Å²) >= 11 is 0. The highest BCUT2D eigenvalue weighted by Crippen LogP contribution is 1.99. The molecule has 0 bridgehead atoms. The zero-order chi connectivity index (χ0) is 17.0. The van der Waals surface area contributed by atoms with E-state index in [1.807, 2.05) is 35.8 Å². The van der Waals surface area contributed by atoms with E-state index >= 15 is 0 Å². The molecule has 0 aliphatic heterocycles. The van der Waals surface area contributed by atoms with E-state index in [4.69, 9.17) is 4.74 Å². The van der Waals surface area contributed by atoms with Gasteiger partial charge in [-0.05, 0) is 36.4 Å². The van der Waals surface area contributed by atoms with Crippen LogP contribution in [-0.2, 0) is 9.57 Å². The number of nitrogens with one attached hydrogen (secondary N) is 1. The summed E-state index contributed by atoms with van der Waals surface area (Å²) in [5.74, 6) is 5.08. The van der Waals surface area contributed by atoms with E-state index in [-0.39, 0.29) is 6.61 Å². The van der Waals surface area contributed by atoms with Crippen molar-refractivity contribution in [2.45, 2.75) is 0 Å². The maximum atomic E-state index is 11.6. The fraction of sp³-hybridized carbons (Fsp3) is 0.0526. The van der Waals surface area contributed by atoms with E-state index in [0.717, 1.165) is 5.56 Å². The lowest BCUT2D eigenvalue weighted by atomic mass is 10.2. The molecule has 0 unspecified atom stereocenters. The predicted molar refractivity (Wildman–Crippen MR) is 88.8 cm³/mol. The Morgan fingerprint density at radius 1 is 1.00 bits per heavy atom. The number of rotatable bonds is 3. The van der Waals surface area contributed by atoms with Crippen LogP contribution in [0.2, 0.25) is 0 Å². The summed E-state index contributed by atoms with van der Waals surface area (Å²) < 4.78 is 4.80. The Labute approximate surface area is 139 Å². The second-order valence-electron chi connectivity index (χ2n) is 4.49. The standard InChI is InChI=1S/C19H15NO4/c21-18(17-13-7-2-8-14-17)24-20-19(22)23-15-9-3-6-12-16-10-4-1-5-11-16/h1-5,7-11,13-14H,15H2,(H,20,22)/b9-3+. The van der Waals surface area contributed by atoms with Gasteiger partial charge in [0.05, 0.1) is 5.56 Å². The Bertz CT molecular complexity index is 758. The highest BCUT2D eigenvalue weighted by Gasteiger charge is 2.08. The van der Waals surface area contributed by atoms with Gasteiger partial charge in [-0.3, -0.25) is 0 Å². The molecule has 5 heteroatoms. The summed E-state index contributed by atoms with van der Waals surface area (Å²) in [6, 6.07) is 17.8. The van der Waals surface area contributed by atoms with Crippen LogP contribution in [0, 0.1) is 11.8 Å². The smallest absolute Gasteiger partial charge is 0.441 e. The first-order valence-electron chi connectivity index (χ1n) is 7.16. The van der Waals surface area contributed by atoms with Crippen LogP contribution in [0.25, 0.3) is 0 Å². The van der Waals surface area contributed by atoms with Crippen LogP contribution < -0.4 is 5.48 Å². The van der Waals surface area contributed by atoms with Crippen LogP contribution in [0.15, 0.2) is 72.8 Å². The summed E-state index contributed by atoms with van der Waals surface area (Å²) in [6.07, 6.45) is 2.30. The van der Waals surface area contributed by atoms with Crippen molar-refractivity contribution < 1.29 is 19.2 Å². The summed E-state index contributed by atoms with van der Waals surface area (Å²) in [6.45, 7) is 0.0121. The molecule has 1 N–H and O–H groups in total. The topological polar surface area (TPSA) is 64.6 Å². The van der Waals surface area contributed by atoms with Gasteiger partial charge in [-0.1, -0.05) is 48.2 Å². The van der Waals surface area contributed by atoms with Gasteiger partial charge in [0.1, 0.15) is 6.61 Å². The van der Waals surface area contributed by atoms with Gasteiger partial charge in [0.15, 0.2) is 0 Å². The lowest BCUT2D eigenvalue weighted by molar-refractivity contribution is 0.0223. The van der Waals surface area contributed by atoms with E-state index in [1.54, 1.807) is 42.5 Å². The van der Waals surface area contributed by atoms with Crippen LogP contribution in [0.1, 0.15) is 15.9 Å². The summed E-state index contributed by atoms with van der Waals surface area (Å²) in [7, 11) is 0. The number of hydroxylamine groups is 1. The Balaban J connectivity index is 1.66. The molecule has 2 aromatic carbocycles. The van der Waals surface area contributed by atoms with Crippen molar-refractivity contribution in [3.8, 4) is 11.8 Å². The fourth-order valence-corrected chi connectivity index (χ4v) is 1.63. The van der Waals surface area contributed by atoms with Gasteiger partial charge in [-0.25, -0.2) is 9.59 Å². The minimum absolute atomic E-state index is 0.0121. The number of ether oxygens (including phenoxy) is 1. The first-order valence-corrected chi connectivity index (χ1v) is 7.16. The normalized spacial score (nSPS) is 9.67. The van der Waals surface area contributed by atoms with Gasteiger partial charge in [0, 0.05) is 5.56 Å².